The number of anilines is 1. The van der Waals surface area contributed by atoms with Gasteiger partial charge < -0.3 is 14.1 Å². The molecule has 0 bridgehead atoms. The summed E-state index contributed by atoms with van der Waals surface area (Å²) in [6.07, 6.45) is 0.761. The molecule has 1 atom stereocenters. The predicted octanol–water partition coefficient (Wildman–Crippen LogP) is 3.31. The van der Waals surface area contributed by atoms with E-state index in [1.165, 1.54) is 5.56 Å². The number of alkyl halides is 2. The van der Waals surface area contributed by atoms with Gasteiger partial charge >= 0.3 is 11.9 Å². The molecule has 3 rings (SSSR count). The highest BCUT2D eigenvalue weighted by atomic mass is 19.3. The van der Waals surface area contributed by atoms with E-state index in [1.54, 1.807) is 7.11 Å². The Morgan fingerprint density at radius 3 is 2.77 bits per heavy atom. The van der Waals surface area contributed by atoms with E-state index in [0.717, 1.165) is 24.7 Å². The van der Waals surface area contributed by atoms with Crippen LogP contribution >= 0.6 is 0 Å². The monoisotopic (exact) mass is 309 g/mol. The molecule has 0 radical (unpaired) electrons. The van der Waals surface area contributed by atoms with Crippen molar-refractivity contribution in [3.8, 4) is 5.75 Å². The molecule has 5 nitrogen and oxygen atoms in total. The Hall–Kier alpha value is -2.18. The molecule has 0 aliphatic carbocycles. The Balaban J connectivity index is 1.89. The van der Waals surface area contributed by atoms with Gasteiger partial charge in [0.25, 0.3) is 5.89 Å². The zero-order chi connectivity index (χ0) is 15.9. The van der Waals surface area contributed by atoms with Crippen LogP contribution in [-0.2, 0) is 12.3 Å². The lowest BCUT2D eigenvalue weighted by atomic mass is 9.93. The van der Waals surface area contributed by atoms with Crippen molar-refractivity contribution < 1.29 is 17.9 Å². The van der Waals surface area contributed by atoms with E-state index in [2.05, 4.69) is 10.2 Å². The molecule has 2 heterocycles. The zero-order valence-electron chi connectivity index (χ0n) is 12.6. The number of aromatic nitrogens is 2. The first-order chi connectivity index (χ1) is 10.4. The van der Waals surface area contributed by atoms with Gasteiger partial charge in [0.05, 0.1) is 13.2 Å². The molecule has 118 valence electrons. The van der Waals surface area contributed by atoms with E-state index >= 15 is 0 Å². The Morgan fingerprint density at radius 1 is 1.36 bits per heavy atom. The maximum absolute atomic E-state index is 13.2. The first-order valence-electron chi connectivity index (χ1n) is 7.05. The summed E-state index contributed by atoms with van der Waals surface area (Å²) in [4.78, 5) is 1.84. The Bertz CT molecular complexity index is 682. The lowest BCUT2D eigenvalue weighted by Gasteiger charge is -2.33. The average molecular weight is 309 g/mol. The number of nitrogens with zero attached hydrogens (tertiary/aromatic N) is 3. The van der Waals surface area contributed by atoms with Crippen LogP contribution in [0.3, 0.4) is 0 Å². The minimum atomic E-state index is -3.13. The third-order valence-electron chi connectivity index (χ3n) is 3.93. The van der Waals surface area contributed by atoms with E-state index in [9.17, 15) is 8.78 Å². The Morgan fingerprint density at radius 2 is 2.14 bits per heavy atom. The molecule has 1 aliphatic heterocycles. The fraction of sp³-hybridized carbons (Fsp3) is 0.467. The molecule has 22 heavy (non-hydrogen) atoms. The van der Waals surface area contributed by atoms with Crippen molar-refractivity contribution in [2.45, 2.75) is 32.2 Å². The van der Waals surface area contributed by atoms with Gasteiger partial charge in [0.15, 0.2) is 0 Å². The first kappa shape index (κ1) is 14.7. The fourth-order valence-corrected chi connectivity index (χ4v) is 2.71. The lowest BCUT2D eigenvalue weighted by molar-refractivity contribution is -0.0107. The van der Waals surface area contributed by atoms with Gasteiger partial charge in [0.2, 0.25) is 0 Å². The summed E-state index contributed by atoms with van der Waals surface area (Å²) in [6, 6.07) is 5.97. The molecule has 0 N–H and O–H groups in total. The van der Waals surface area contributed by atoms with Crippen LogP contribution in [-0.4, -0.2) is 23.9 Å². The first-order valence-corrected chi connectivity index (χ1v) is 7.05. The summed E-state index contributed by atoms with van der Waals surface area (Å²) in [5.74, 6) is -2.98. The molecule has 1 aromatic heterocycles. The van der Waals surface area contributed by atoms with Gasteiger partial charge in [-0.15, -0.1) is 5.10 Å². The summed E-state index contributed by atoms with van der Waals surface area (Å²) in [6.45, 7) is 3.35. The van der Waals surface area contributed by atoms with Gasteiger partial charge in [-0.1, -0.05) is 11.2 Å². The largest absolute Gasteiger partial charge is 0.497 e. The van der Waals surface area contributed by atoms with Crippen LogP contribution in [0.25, 0.3) is 0 Å². The highest BCUT2D eigenvalue weighted by Gasteiger charge is 2.34. The van der Waals surface area contributed by atoms with Crippen LogP contribution in [0.4, 0.5) is 14.8 Å². The van der Waals surface area contributed by atoms with Crippen LogP contribution in [0.15, 0.2) is 22.6 Å². The second-order valence-electron chi connectivity index (χ2n) is 5.46. The van der Waals surface area contributed by atoms with Crippen LogP contribution < -0.4 is 9.64 Å². The second-order valence-corrected chi connectivity index (χ2v) is 5.46. The molecule has 0 fully saturated rings. The summed E-state index contributed by atoms with van der Waals surface area (Å²) in [5, 5.41) is 7.22. The van der Waals surface area contributed by atoms with E-state index in [4.69, 9.17) is 9.15 Å². The summed E-state index contributed by atoms with van der Waals surface area (Å²) in [5.41, 5.74) is 2.29. The molecule has 0 spiro atoms. The van der Waals surface area contributed by atoms with Crippen molar-refractivity contribution in [3.05, 3.63) is 35.2 Å². The highest BCUT2D eigenvalue weighted by molar-refractivity contribution is 5.45. The number of hydrogen-bond donors (Lipinski definition) is 0. The Kier molecular flexibility index (Phi) is 3.50. The minimum absolute atomic E-state index is 0.0339. The van der Waals surface area contributed by atoms with E-state index in [1.807, 2.05) is 30.0 Å². The quantitative estimate of drug-likeness (QED) is 0.870. The number of hydrogen-bond acceptors (Lipinski definition) is 5. The molecule has 0 amide bonds. The smallest absolute Gasteiger partial charge is 0.321 e. The molecular formula is C15H17F2N3O2. The van der Waals surface area contributed by atoms with Gasteiger partial charge in [-0.2, -0.15) is 8.78 Å². The van der Waals surface area contributed by atoms with Crippen LogP contribution in [0.2, 0.25) is 0 Å². The van der Waals surface area contributed by atoms with Gasteiger partial charge in [-0.25, -0.2) is 0 Å². The maximum Gasteiger partial charge on any atom is 0.321 e. The molecule has 7 heteroatoms. The number of methoxy groups -OCH3 is 1. The third kappa shape index (κ3) is 2.51. The third-order valence-corrected chi connectivity index (χ3v) is 3.93. The van der Waals surface area contributed by atoms with E-state index in [0.29, 0.717) is 6.54 Å². The SMILES string of the molecule is COc1ccc2c(c1)CCN(c1nnc(C(C)(F)F)o1)C2C. The van der Waals surface area contributed by atoms with Gasteiger partial charge in [-0.3, -0.25) is 0 Å². The van der Waals surface area contributed by atoms with Gasteiger partial charge in [0, 0.05) is 13.5 Å². The number of fused-ring (bicyclic) bond motifs is 1. The van der Waals surface area contributed by atoms with Crippen molar-refractivity contribution in [3.63, 3.8) is 0 Å². The standard InChI is InChI=1S/C15H17F2N3O2/c1-9-12-5-4-11(21-3)8-10(12)6-7-20(9)14-19-18-13(22-14)15(2,16)17/h4-5,8-9H,6-7H2,1-3H3. The molecular weight excluding hydrogens is 292 g/mol. The van der Waals surface area contributed by atoms with Crippen LogP contribution in [0.5, 0.6) is 5.75 Å². The molecule has 1 aromatic carbocycles. The van der Waals surface area contributed by atoms with Gasteiger partial charge in [-0.05, 0) is 36.6 Å². The van der Waals surface area contributed by atoms with Crippen molar-refractivity contribution in [2.75, 3.05) is 18.6 Å². The summed E-state index contributed by atoms with van der Waals surface area (Å²) >= 11 is 0. The molecule has 0 saturated heterocycles. The number of benzene rings is 1. The van der Waals surface area contributed by atoms with Gasteiger partial charge in [0.1, 0.15) is 5.75 Å². The van der Waals surface area contributed by atoms with E-state index in [-0.39, 0.29) is 12.1 Å². The fourth-order valence-electron chi connectivity index (χ4n) is 2.71. The van der Waals surface area contributed by atoms with Crippen molar-refractivity contribution in [2.24, 2.45) is 0 Å². The van der Waals surface area contributed by atoms with Crippen LogP contribution in [0.1, 0.15) is 36.9 Å². The summed E-state index contributed by atoms with van der Waals surface area (Å²) < 4.78 is 36.8. The van der Waals surface area contributed by atoms with Crippen molar-refractivity contribution in [1.29, 1.82) is 0 Å². The number of rotatable bonds is 3. The second kappa shape index (κ2) is 5.23. The predicted molar refractivity (Wildman–Crippen MR) is 76.3 cm³/mol. The molecule has 0 saturated carbocycles. The normalized spacial score (nSPS) is 18.2. The minimum Gasteiger partial charge on any atom is -0.497 e. The number of ether oxygens (including phenoxy) is 1. The molecule has 1 aliphatic rings. The lowest BCUT2D eigenvalue weighted by Crippen LogP contribution is -2.34. The van der Waals surface area contributed by atoms with Crippen molar-refractivity contribution >= 4 is 6.01 Å². The molecule has 2 aromatic rings. The average Bonchev–Trinajstić information content (AvgIpc) is 2.97. The van der Waals surface area contributed by atoms with E-state index < -0.39 is 11.8 Å². The zero-order valence-corrected chi connectivity index (χ0v) is 12.6. The highest BCUT2D eigenvalue weighted by Crippen LogP contribution is 2.36. The topological polar surface area (TPSA) is 51.4 Å². The Labute approximate surface area is 126 Å². The number of halogens is 2. The maximum atomic E-state index is 13.2. The van der Waals surface area contributed by atoms with Crippen LogP contribution in [0, 0.1) is 0 Å². The van der Waals surface area contributed by atoms with Crippen molar-refractivity contribution in [1.82, 2.24) is 10.2 Å². The summed E-state index contributed by atoms with van der Waals surface area (Å²) in [7, 11) is 1.63. The molecule has 1 unspecified atom stereocenters.